The molecule has 1 fully saturated rings. The Bertz CT molecular complexity index is 468. The van der Waals surface area contributed by atoms with Crippen LogP contribution in [0.1, 0.15) is 26.7 Å². The zero-order valence-corrected chi connectivity index (χ0v) is 12.8. The van der Waals surface area contributed by atoms with Crippen molar-refractivity contribution in [1.29, 1.82) is 0 Å². The number of anilines is 1. The van der Waals surface area contributed by atoms with Crippen molar-refractivity contribution in [1.82, 2.24) is 9.80 Å². The van der Waals surface area contributed by atoms with Gasteiger partial charge in [-0.1, -0.05) is 19.9 Å². The number of amides is 2. The first-order valence-electron chi connectivity index (χ1n) is 7.69. The lowest BCUT2D eigenvalue weighted by Gasteiger charge is -2.45. The molecule has 2 rings (SSSR count). The van der Waals surface area contributed by atoms with Crippen LogP contribution in [0.25, 0.3) is 0 Å². The quantitative estimate of drug-likeness (QED) is 0.874. The van der Waals surface area contributed by atoms with E-state index in [0.29, 0.717) is 11.7 Å². The molecule has 1 aromatic carbocycles. The first-order chi connectivity index (χ1) is 10.1. The van der Waals surface area contributed by atoms with Crippen molar-refractivity contribution in [3.05, 3.63) is 30.1 Å². The molecule has 1 heterocycles. The van der Waals surface area contributed by atoms with E-state index in [-0.39, 0.29) is 11.8 Å². The number of hydrogen-bond donors (Lipinski definition) is 1. The number of urea groups is 1. The zero-order chi connectivity index (χ0) is 15.2. The Labute approximate surface area is 125 Å². The molecule has 116 valence electrons. The van der Waals surface area contributed by atoms with E-state index < -0.39 is 0 Å². The first-order valence-corrected chi connectivity index (χ1v) is 7.69. The minimum atomic E-state index is -0.341. The van der Waals surface area contributed by atoms with Crippen LogP contribution in [0.3, 0.4) is 0 Å². The molecule has 0 unspecified atom stereocenters. The second-order valence-electron chi connectivity index (χ2n) is 5.54. The van der Waals surface area contributed by atoms with Crippen LogP contribution < -0.4 is 5.32 Å². The normalized spacial score (nSPS) is 15.1. The second kappa shape index (κ2) is 7.41. The summed E-state index contributed by atoms with van der Waals surface area (Å²) in [5.74, 6) is -0.341. The number of nitrogens with zero attached hydrogens (tertiary/aromatic N) is 2. The molecule has 0 atom stereocenters. The molecule has 4 nitrogen and oxygen atoms in total. The minimum absolute atomic E-state index is 0.148. The molecule has 21 heavy (non-hydrogen) atoms. The Balaban J connectivity index is 1.81. The highest BCUT2D eigenvalue weighted by Crippen LogP contribution is 2.18. The highest BCUT2D eigenvalue weighted by molar-refractivity contribution is 5.89. The summed E-state index contributed by atoms with van der Waals surface area (Å²) in [5, 5.41) is 2.74. The SMILES string of the molecule is CCCN(CCC)C1CN(C(=O)Nc2cccc(F)c2)C1. The topological polar surface area (TPSA) is 35.6 Å². The highest BCUT2D eigenvalue weighted by Gasteiger charge is 2.34. The van der Waals surface area contributed by atoms with Gasteiger partial charge in [-0.15, -0.1) is 0 Å². The lowest BCUT2D eigenvalue weighted by Crippen LogP contribution is -2.62. The molecule has 1 aliphatic heterocycles. The monoisotopic (exact) mass is 293 g/mol. The molecule has 1 N–H and O–H groups in total. The molecular formula is C16H24FN3O. The summed E-state index contributed by atoms with van der Waals surface area (Å²) in [6.45, 7) is 8.02. The average molecular weight is 293 g/mol. The van der Waals surface area contributed by atoms with Gasteiger partial charge in [0.05, 0.1) is 0 Å². The average Bonchev–Trinajstić information content (AvgIpc) is 2.37. The minimum Gasteiger partial charge on any atom is -0.321 e. The smallest absolute Gasteiger partial charge is 0.321 e. The fraction of sp³-hybridized carbons (Fsp3) is 0.562. The van der Waals surface area contributed by atoms with Crippen LogP contribution >= 0.6 is 0 Å². The Hall–Kier alpha value is -1.62. The molecule has 0 bridgehead atoms. The summed E-state index contributed by atoms with van der Waals surface area (Å²) in [5.41, 5.74) is 0.502. The summed E-state index contributed by atoms with van der Waals surface area (Å²) in [7, 11) is 0. The highest BCUT2D eigenvalue weighted by atomic mass is 19.1. The molecule has 2 amide bonds. The van der Waals surface area contributed by atoms with E-state index in [0.717, 1.165) is 39.0 Å². The summed E-state index contributed by atoms with van der Waals surface area (Å²) >= 11 is 0. The van der Waals surface area contributed by atoms with Crippen molar-refractivity contribution in [3.8, 4) is 0 Å². The van der Waals surface area contributed by atoms with Crippen LogP contribution in [-0.2, 0) is 0 Å². The van der Waals surface area contributed by atoms with E-state index >= 15 is 0 Å². The Morgan fingerprint density at radius 2 is 2.00 bits per heavy atom. The fourth-order valence-electron chi connectivity index (χ4n) is 2.67. The third-order valence-electron chi connectivity index (χ3n) is 3.76. The summed E-state index contributed by atoms with van der Waals surface area (Å²) in [6.07, 6.45) is 2.26. The molecule has 0 spiro atoms. The van der Waals surface area contributed by atoms with E-state index in [2.05, 4.69) is 24.1 Å². The molecule has 0 aliphatic carbocycles. The number of benzene rings is 1. The van der Waals surface area contributed by atoms with Gasteiger partial charge in [0, 0.05) is 24.8 Å². The molecule has 1 saturated heterocycles. The van der Waals surface area contributed by atoms with Crippen LogP contribution in [0.5, 0.6) is 0 Å². The molecule has 1 aromatic rings. The Morgan fingerprint density at radius 1 is 1.33 bits per heavy atom. The number of hydrogen-bond acceptors (Lipinski definition) is 2. The predicted molar refractivity (Wildman–Crippen MR) is 82.9 cm³/mol. The van der Waals surface area contributed by atoms with Crippen molar-refractivity contribution >= 4 is 11.7 Å². The lowest BCUT2D eigenvalue weighted by molar-refractivity contribution is 0.0614. The van der Waals surface area contributed by atoms with Crippen LogP contribution in [0.4, 0.5) is 14.9 Å². The number of likely N-dealkylation sites (tertiary alicyclic amines) is 1. The number of carbonyl (C=O) groups is 1. The lowest BCUT2D eigenvalue weighted by atomic mass is 10.1. The molecule has 0 aromatic heterocycles. The number of carbonyl (C=O) groups excluding carboxylic acids is 1. The van der Waals surface area contributed by atoms with Gasteiger partial charge in [0.25, 0.3) is 0 Å². The van der Waals surface area contributed by atoms with E-state index in [1.165, 1.54) is 12.1 Å². The van der Waals surface area contributed by atoms with Crippen LogP contribution in [0.15, 0.2) is 24.3 Å². The summed E-state index contributed by atoms with van der Waals surface area (Å²) < 4.78 is 13.1. The Kier molecular flexibility index (Phi) is 5.56. The Morgan fingerprint density at radius 3 is 2.57 bits per heavy atom. The van der Waals surface area contributed by atoms with Crippen molar-refractivity contribution < 1.29 is 9.18 Å². The maximum absolute atomic E-state index is 13.1. The van der Waals surface area contributed by atoms with Gasteiger partial charge in [0.1, 0.15) is 5.82 Å². The van der Waals surface area contributed by atoms with E-state index in [4.69, 9.17) is 0 Å². The summed E-state index contributed by atoms with van der Waals surface area (Å²) in [4.78, 5) is 16.3. The van der Waals surface area contributed by atoms with Gasteiger partial charge in [-0.3, -0.25) is 4.90 Å². The zero-order valence-electron chi connectivity index (χ0n) is 12.8. The van der Waals surface area contributed by atoms with Gasteiger partial charge >= 0.3 is 6.03 Å². The molecule has 1 aliphatic rings. The van der Waals surface area contributed by atoms with Crippen molar-refractivity contribution in [2.75, 3.05) is 31.5 Å². The standard InChI is InChI=1S/C16H24FN3O/c1-3-8-19(9-4-2)15-11-20(12-15)16(21)18-14-7-5-6-13(17)10-14/h5-7,10,15H,3-4,8-9,11-12H2,1-2H3,(H,18,21). The third-order valence-corrected chi connectivity index (χ3v) is 3.76. The second-order valence-corrected chi connectivity index (χ2v) is 5.54. The molecule has 0 saturated carbocycles. The van der Waals surface area contributed by atoms with E-state index in [9.17, 15) is 9.18 Å². The first kappa shape index (κ1) is 15.8. The largest absolute Gasteiger partial charge is 0.321 e. The summed E-state index contributed by atoms with van der Waals surface area (Å²) in [6, 6.07) is 6.29. The molecular weight excluding hydrogens is 269 g/mol. The predicted octanol–water partition coefficient (Wildman–Crippen LogP) is 3.16. The molecule has 0 radical (unpaired) electrons. The van der Waals surface area contributed by atoms with E-state index in [1.54, 1.807) is 17.0 Å². The van der Waals surface area contributed by atoms with Gasteiger partial charge < -0.3 is 10.2 Å². The molecule has 5 heteroatoms. The van der Waals surface area contributed by atoms with Gasteiger partial charge in [0.15, 0.2) is 0 Å². The van der Waals surface area contributed by atoms with Gasteiger partial charge in [0.2, 0.25) is 0 Å². The van der Waals surface area contributed by atoms with Gasteiger partial charge in [-0.05, 0) is 44.1 Å². The maximum atomic E-state index is 13.1. The number of halogens is 1. The van der Waals surface area contributed by atoms with Gasteiger partial charge in [-0.2, -0.15) is 0 Å². The van der Waals surface area contributed by atoms with Crippen LogP contribution in [0, 0.1) is 5.82 Å². The van der Waals surface area contributed by atoms with Gasteiger partial charge in [-0.25, -0.2) is 9.18 Å². The van der Waals surface area contributed by atoms with Crippen molar-refractivity contribution in [2.45, 2.75) is 32.7 Å². The van der Waals surface area contributed by atoms with Crippen LogP contribution in [-0.4, -0.2) is 48.1 Å². The number of nitrogens with one attached hydrogen (secondary N) is 1. The van der Waals surface area contributed by atoms with Crippen LogP contribution in [0.2, 0.25) is 0 Å². The maximum Gasteiger partial charge on any atom is 0.321 e. The number of rotatable bonds is 6. The van der Waals surface area contributed by atoms with Crippen molar-refractivity contribution in [2.24, 2.45) is 0 Å². The van der Waals surface area contributed by atoms with Crippen molar-refractivity contribution in [3.63, 3.8) is 0 Å². The van der Waals surface area contributed by atoms with E-state index in [1.807, 2.05) is 0 Å². The third kappa shape index (κ3) is 4.17. The fourth-order valence-corrected chi connectivity index (χ4v) is 2.67.